The van der Waals surface area contributed by atoms with E-state index in [-0.39, 0.29) is 17.1 Å². The quantitative estimate of drug-likeness (QED) is 0.843. The minimum Gasteiger partial charge on any atom is -0.493 e. The van der Waals surface area contributed by atoms with Crippen LogP contribution in [0.3, 0.4) is 0 Å². The third-order valence-corrected chi connectivity index (χ3v) is 6.40. The first-order valence-corrected chi connectivity index (χ1v) is 8.79. The van der Waals surface area contributed by atoms with E-state index in [2.05, 4.69) is 30.2 Å². The van der Waals surface area contributed by atoms with Crippen LogP contribution in [0.25, 0.3) is 0 Å². The minimum absolute atomic E-state index is 0.118. The first kappa shape index (κ1) is 16.5. The van der Waals surface area contributed by atoms with Gasteiger partial charge >= 0.3 is 0 Å². The van der Waals surface area contributed by atoms with Gasteiger partial charge in [0.1, 0.15) is 0 Å². The molecule has 1 aromatic rings. The molecule has 0 amide bonds. The number of carbonyl (C=O) groups is 1. The standard InChI is InChI=1S/C20H25NO4/c1-21-6-5-20-11-19(25-4)16(22)9-14(20)15(21)7-12-8-17(23-2)18(24-3)10-13(12)20/h8,10-11,14-15H,5-7,9H2,1-4H3. The van der Waals surface area contributed by atoms with Gasteiger partial charge in [-0.3, -0.25) is 4.79 Å². The van der Waals surface area contributed by atoms with Crippen LogP contribution in [0.5, 0.6) is 11.5 Å². The van der Waals surface area contributed by atoms with Gasteiger partial charge in [-0.25, -0.2) is 0 Å². The van der Waals surface area contributed by atoms with Crippen LogP contribution in [0.4, 0.5) is 0 Å². The van der Waals surface area contributed by atoms with E-state index in [1.54, 1.807) is 21.3 Å². The molecule has 25 heavy (non-hydrogen) atoms. The molecule has 5 heteroatoms. The molecular weight excluding hydrogens is 318 g/mol. The maximum Gasteiger partial charge on any atom is 0.197 e. The molecule has 0 spiro atoms. The summed E-state index contributed by atoms with van der Waals surface area (Å²) in [4.78, 5) is 14.9. The maximum absolute atomic E-state index is 12.5. The summed E-state index contributed by atoms with van der Waals surface area (Å²) >= 11 is 0. The maximum atomic E-state index is 12.5. The number of ketones is 1. The van der Waals surface area contributed by atoms with Gasteiger partial charge in [0.05, 0.1) is 21.3 Å². The van der Waals surface area contributed by atoms with Crippen molar-refractivity contribution in [2.75, 3.05) is 34.9 Å². The van der Waals surface area contributed by atoms with Crippen LogP contribution in [0.1, 0.15) is 24.0 Å². The van der Waals surface area contributed by atoms with Crippen LogP contribution < -0.4 is 9.47 Å². The summed E-state index contributed by atoms with van der Waals surface area (Å²) in [5.74, 6) is 2.41. The highest BCUT2D eigenvalue weighted by Crippen LogP contribution is 2.55. The average molecular weight is 343 g/mol. The van der Waals surface area contributed by atoms with Crippen molar-refractivity contribution in [1.82, 2.24) is 4.90 Å². The predicted molar refractivity (Wildman–Crippen MR) is 94.2 cm³/mol. The lowest BCUT2D eigenvalue weighted by Gasteiger charge is -2.56. The molecule has 3 aliphatic rings. The number of nitrogens with zero attached hydrogens (tertiary/aromatic N) is 1. The summed E-state index contributed by atoms with van der Waals surface area (Å²) < 4.78 is 16.5. The van der Waals surface area contributed by atoms with Gasteiger partial charge < -0.3 is 19.1 Å². The van der Waals surface area contributed by atoms with Crippen molar-refractivity contribution in [3.8, 4) is 11.5 Å². The number of rotatable bonds is 3. The van der Waals surface area contributed by atoms with Crippen molar-refractivity contribution in [1.29, 1.82) is 0 Å². The van der Waals surface area contributed by atoms with Crippen LogP contribution in [0.15, 0.2) is 24.0 Å². The van der Waals surface area contributed by atoms with Gasteiger partial charge in [-0.05, 0) is 61.7 Å². The molecule has 3 atom stereocenters. The van der Waals surface area contributed by atoms with Gasteiger partial charge in [0.25, 0.3) is 0 Å². The number of Topliss-reactive ketones (excluding diaryl/α,β-unsaturated/α-hetero) is 1. The number of allylic oxidation sites excluding steroid dienone is 2. The Morgan fingerprint density at radius 1 is 1.08 bits per heavy atom. The molecule has 5 nitrogen and oxygen atoms in total. The summed E-state index contributed by atoms with van der Waals surface area (Å²) in [6.45, 7) is 1.01. The first-order chi connectivity index (χ1) is 12.0. The zero-order chi connectivity index (χ0) is 17.8. The zero-order valence-corrected chi connectivity index (χ0v) is 15.3. The largest absolute Gasteiger partial charge is 0.493 e. The number of ether oxygens (including phenoxy) is 3. The highest BCUT2D eigenvalue weighted by molar-refractivity contribution is 5.95. The summed E-state index contributed by atoms with van der Waals surface area (Å²) in [6, 6.07) is 4.58. The molecule has 1 fully saturated rings. The van der Waals surface area contributed by atoms with Gasteiger partial charge in [-0.1, -0.05) is 0 Å². The molecule has 0 radical (unpaired) electrons. The number of methoxy groups -OCH3 is 3. The molecule has 0 aromatic heterocycles. The van der Waals surface area contributed by atoms with E-state index in [4.69, 9.17) is 14.2 Å². The molecular formula is C20H25NO4. The number of carbonyl (C=O) groups excluding carboxylic acids is 1. The number of likely N-dealkylation sites (tertiary alicyclic amines) is 1. The number of fused-ring (bicyclic) bond motifs is 1. The van der Waals surface area contributed by atoms with Crippen molar-refractivity contribution >= 4 is 5.78 Å². The average Bonchev–Trinajstić information content (AvgIpc) is 2.63. The topological polar surface area (TPSA) is 48.0 Å². The third kappa shape index (κ3) is 2.21. The summed E-state index contributed by atoms with van der Waals surface area (Å²) in [5, 5.41) is 0. The van der Waals surface area contributed by atoms with Crippen molar-refractivity contribution in [3.05, 3.63) is 35.1 Å². The van der Waals surface area contributed by atoms with Gasteiger partial charge in [0.15, 0.2) is 23.0 Å². The fourth-order valence-electron chi connectivity index (χ4n) is 5.11. The van der Waals surface area contributed by atoms with Gasteiger partial charge in [-0.2, -0.15) is 0 Å². The first-order valence-electron chi connectivity index (χ1n) is 8.79. The van der Waals surface area contributed by atoms with Gasteiger partial charge in [0.2, 0.25) is 0 Å². The van der Waals surface area contributed by atoms with Crippen molar-refractivity contribution in [2.24, 2.45) is 5.92 Å². The van der Waals surface area contributed by atoms with E-state index in [0.29, 0.717) is 18.2 Å². The lowest BCUT2D eigenvalue weighted by Crippen LogP contribution is -2.60. The Hall–Kier alpha value is -2.01. The zero-order valence-electron chi connectivity index (χ0n) is 15.3. The van der Waals surface area contributed by atoms with E-state index >= 15 is 0 Å². The van der Waals surface area contributed by atoms with Crippen LogP contribution >= 0.6 is 0 Å². The van der Waals surface area contributed by atoms with Gasteiger partial charge in [-0.15, -0.1) is 0 Å². The van der Waals surface area contributed by atoms with E-state index in [9.17, 15) is 4.79 Å². The number of likely N-dealkylation sites (N-methyl/N-ethyl adjacent to an activating group) is 1. The second kappa shape index (κ2) is 5.77. The molecule has 1 heterocycles. The molecule has 1 aromatic carbocycles. The highest BCUT2D eigenvalue weighted by Gasteiger charge is 2.55. The Bertz CT molecular complexity index is 756. The van der Waals surface area contributed by atoms with Crippen LogP contribution in [0, 0.1) is 5.92 Å². The van der Waals surface area contributed by atoms with E-state index in [1.807, 2.05) is 0 Å². The van der Waals surface area contributed by atoms with Crippen molar-refractivity contribution in [3.63, 3.8) is 0 Å². The summed E-state index contributed by atoms with van der Waals surface area (Å²) in [5.41, 5.74) is 2.39. The van der Waals surface area contributed by atoms with E-state index in [1.165, 1.54) is 11.1 Å². The normalized spacial score (nSPS) is 30.9. The lowest BCUT2D eigenvalue weighted by molar-refractivity contribution is -0.122. The third-order valence-electron chi connectivity index (χ3n) is 6.40. The van der Waals surface area contributed by atoms with E-state index < -0.39 is 0 Å². The molecule has 1 saturated heterocycles. The molecule has 134 valence electrons. The smallest absolute Gasteiger partial charge is 0.197 e. The molecule has 3 unspecified atom stereocenters. The molecule has 0 N–H and O–H groups in total. The van der Waals surface area contributed by atoms with Gasteiger partial charge in [0, 0.05) is 17.9 Å². The molecule has 2 aliphatic carbocycles. The summed E-state index contributed by atoms with van der Waals surface area (Å²) in [7, 11) is 7.09. The van der Waals surface area contributed by atoms with Crippen LogP contribution in [-0.4, -0.2) is 51.6 Å². The second-order valence-electron chi connectivity index (χ2n) is 7.35. The summed E-state index contributed by atoms with van der Waals surface area (Å²) in [6.07, 6.45) is 4.55. The minimum atomic E-state index is -0.163. The monoisotopic (exact) mass is 343 g/mol. The molecule has 2 bridgehead atoms. The molecule has 0 saturated carbocycles. The number of piperidine rings is 1. The molecule has 1 aliphatic heterocycles. The van der Waals surface area contributed by atoms with Crippen LogP contribution in [0.2, 0.25) is 0 Å². The Morgan fingerprint density at radius 2 is 1.80 bits per heavy atom. The Labute approximate surface area is 148 Å². The van der Waals surface area contributed by atoms with Crippen molar-refractivity contribution in [2.45, 2.75) is 30.7 Å². The van der Waals surface area contributed by atoms with E-state index in [0.717, 1.165) is 30.9 Å². The number of benzene rings is 1. The second-order valence-corrected chi connectivity index (χ2v) is 7.35. The van der Waals surface area contributed by atoms with Crippen LogP contribution in [-0.2, 0) is 21.4 Å². The lowest BCUT2D eigenvalue weighted by atomic mass is 9.54. The Morgan fingerprint density at radius 3 is 2.48 bits per heavy atom. The predicted octanol–water partition coefficient (Wildman–Crippen LogP) is 2.32. The van der Waals surface area contributed by atoms with Crippen molar-refractivity contribution < 1.29 is 19.0 Å². The highest BCUT2D eigenvalue weighted by atomic mass is 16.5. The fourth-order valence-corrected chi connectivity index (χ4v) is 5.11. The SMILES string of the molecule is COC1=CC23CCN(C)C(Cc4cc(OC)c(OC)cc42)C3CC1=O. The Kier molecular flexibility index (Phi) is 3.80. The number of hydrogen-bond acceptors (Lipinski definition) is 5. The number of hydrogen-bond donors (Lipinski definition) is 0. The Balaban J connectivity index is 1.96. The molecule has 4 rings (SSSR count). The fraction of sp³-hybridized carbons (Fsp3) is 0.550.